The molecule has 5 heteroatoms. The number of carbonyl (C=O) groups is 2. The molecular formula is C26H33N3O2. The van der Waals surface area contributed by atoms with Crippen LogP contribution in [0, 0.1) is 17.8 Å². The Labute approximate surface area is 185 Å². The topological polar surface area (TPSA) is 61.4 Å². The molecule has 2 aliphatic rings. The predicted octanol–water partition coefficient (Wildman–Crippen LogP) is 4.44. The first kappa shape index (κ1) is 21.6. The molecule has 2 aromatic carbocycles. The molecule has 1 saturated carbocycles. The van der Waals surface area contributed by atoms with Gasteiger partial charge in [0.2, 0.25) is 5.91 Å². The largest absolute Gasteiger partial charge is 0.348 e. The number of benzene rings is 2. The average Bonchev–Trinajstić information content (AvgIpc) is 3.50. The fraction of sp³-hybridized carbons (Fsp3) is 0.462. The number of nitrogens with one attached hydrogen (secondary N) is 2. The number of likely N-dealkylation sites (tertiary alicyclic amines) is 1. The van der Waals surface area contributed by atoms with Crippen molar-refractivity contribution in [3.8, 4) is 0 Å². The molecule has 3 atom stereocenters. The van der Waals surface area contributed by atoms with Gasteiger partial charge in [-0.3, -0.25) is 14.5 Å². The maximum absolute atomic E-state index is 12.8. The second-order valence-corrected chi connectivity index (χ2v) is 9.32. The third kappa shape index (κ3) is 5.73. The van der Waals surface area contributed by atoms with E-state index in [4.69, 9.17) is 0 Å². The number of nitrogens with zero attached hydrogens (tertiary/aromatic N) is 1. The molecule has 1 heterocycles. The molecule has 0 radical (unpaired) electrons. The number of hydrogen-bond acceptors (Lipinski definition) is 3. The highest BCUT2D eigenvalue weighted by Gasteiger charge is 2.39. The van der Waals surface area contributed by atoms with Crippen molar-refractivity contribution >= 4 is 17.5 Å². The van der Waals surface area contributed by atoms with Crippen molar-refractivity contribution in [3.05, 3.63) is 65.2 Å². The monoisotopic (exact) mass is 419 g/mol. The van der Waals surface area contributed by atoms with Gasteiger partial charge in [-0.15, -0.1) is 0 Å². The Bertz CT molecular complexity index is 942. The lowest BCUT2D eigenvalue weighted by Gasteiger charge is -2.31. The highest BCUT2D eigenvalue weighted by atomic mass is 16.2. The van der Waals surface area contributed by atoms with Crippen LogP contribution in [0.5, 0.6) is 0 Å². The molecular weight excluding hydrogens is 386 g/mol. The minimum atomic E-state index is -0.128. The first-order valence-electron chi connectivity index (χ1n) is 11.5. The Hall–Kier alpha value is -2.66. The van der Waals surface area contributed by atoms with Crippen LogP contribution in [0.1, 0.15) is 54.6 Å². The smallest absolute Gasteiger partial charge is 0.251 e. The summed E-state index contributed by atoms with van der Waals surface area (Å²) in [6.45, 7) is 8.10. The quantitative estimate of drug-likeness (QED) is 0.697. The summed E-state index contributed by atoms with van der Waals surface area (Å²) in [5.41, 5.74) is 3.66. The van der Waals surface area contributed by atoms with Crippen LogP contribution in [-0.4, -0.2) is 29.8 Å². The molecule has 1 aliphatic carbocycles. The van der Waals surface area contributed by atoms with Gasteiger partial charge in [-0.2, -0.15) is 0 Å². The van der Waals surface area contributed by atoms with Gasteiger partial charge in [0.1, 0.15) is 0 Å². The Morgan fingerprint density at radius 2 is 1.84 bits per heavy atom. The van der Waals surface area contributed by atoms with Crippen LogP contribution in [0.3, 0.4) is 0 Å². The van der Waals surface area contributed by atoms with E-state index in [1.165, 1.54) is 18.4 Å². The Morgan fingerprint density at radius 1 is 1.06 bits per heavy atom. The van der Waals surface area contributed by atoms with E-state index in [1.807, 2.05) is 18.2 Å². The zero-order valence-electron chi connectivity index (χ0n) is 18.6. The van der Waals surface area contributed by atoms with Crippen LogP contribution in [0.15, 0.2) is 48.5 Å². The van der Waals surface area contributed by atoms with Gasteiger partial charge in [0.05, 0.1) is 0 Å². The fourth-order valence-corrected chi connectivity index (χ4v) is 4.49. The summed E-state index contributed by atoms with van der Waals surface area (Å²) in [6.07, 6.45) is 3.52. The maximum Gasteiger partial charge on any atom is 0.251 e. The molecule has 2 fully saturated rings. The first-order valence-corrected chi connectivity index (χ1v) is 11.5. The molecule has 0 bridgehead atoms. The van der Waals surface area contributed by atoms with Crippen LogP contribution in [0.4, 0.5) is 5.69 Å². The van der Waals surface area contributed by atoms with Crippen LogP contribution >= 0.6 is 0 Å². The number of piperidine rings is 1. The minimum Gasteiger partial charge on any atom is -0.348 e. The summed E-state index contributed by atoms with van der Waals surface area (Å²) < 4.78 is 0. The molecule has 31 heavy (non-hydrogen) atoms. The van der Waals surface area contributed by atoms with E-state index >= 15 is 0 Å². The van der Waals surface area contributed by atoms with Gasteiger partial charge in [0.25, 0.3) is 5.91 Å². The molecule has 0 spiro atoms. The van der Waals surface area contributed by atoms with E-state index in [0.29, 0.717) is 23.7 Å². The number of rotatable bonds is 7. The predicted molar refractivity (Wildman–Crippen MR) is 124 cm³/mol. The summed E-state index contributed by atoms with van der Waals surface area (Å²) in [5, 5.41) is 5.99. The van der Waals surface area contributed by atoms with Crippen LogP contribution < -0.4 is 10.6 Å². The molecule has 1 aliphatic heterocycles. The van der Waals surface area contributed by atoms with Crippen molar-refractivity contribution in [2.45, 2.75) is 46.2 Å². The zero-order chi connectivity index (χ0) is 21.8. The number of anilines is 1. The van der Waals surface area contributed by atoms with E-state index in [-0.39, 0.29) is 17.7 Å². The summed E-state index contributed by atoms with van der Waals surface area (Å²) >= 11 is 0. The van der Waals surface area contributed by atoms with Gasteiger partial charge in [-0.05, 0) is 67.0 Å². The summed E-state index contributed by atoms with van der Waals surface area (Å²) in [6, 6.07) is 15.5. The normalized spacial score (nSPS) is 23.2. The SMILES string of the molecule is CC1CCCN(Cc2ccccc2CNC(=O)c2cccc(NC(=O)C3CC3C)c2)C1. The summed E-state index contributed by atoms with van der Waals surface area (Å²) in [5.74, 6) is 1.23. The van der Waals surface area contributed by atoms with E-state index in [9.17, 15) is 9.59 Å². The third-order valence-corrected chi connectivity index (χ3v) is 6.53. The van der Waals surface area contributed by atoms with Crippen LogP contribution in [-0.2, 0) is 17.9 Å². The molecule has 4 rings (SSSR count). The molecule has 2 aromatic rings. The van der Waals surface area contributed by atoms with Crippen molar-refractivity contribution in [2.24, 2.45) is 17.8 Å². The van der Waals surface area contributed by atoms with Crippen molar-refractivity contribution in [3.63, 3.8) is 0 Å². The van der Waals surface area contributed by atoms with Gasteiger partial charge in [0, 0.05) is 36.8 Å². The molecule has 3 unspecified atom stereocenters. The Balaban J connectivity index is 1.35. The third-order valence-electron chi connectivity index (χ3n) is 6.53. The number of hydrogen-bond donors (Lipinski definition) is 2. The summed E-state index contributed by atoms with van der Waals surface area (Å²) in [7, 11) is 0. The lowest BCUT2D eigenvalue weighted by molar-refractivity contribution is -0.117. The molecule has 164 valence electrons. The highest BCUT2D eigenvalue weighted by molar-refractivity contribution is 5.98. The molecule has 0 aromatic heterocycles. The van der Waals surface area contributed by atoms with Crippen LogP contribution in [0.2, 0.25) is 0 Å². The maximum atomic E-state index is 12.8. The first-order chi connectivity index (χ1) is 15.0. The Morgan fingerprint density at radius 3 is 2.58 bits per heavy atom. The van der Waals surface area contributed by atoms with Gasteiger partial charge in [0.15, 0.2) is 0 Å². The average molecular weight is 420 g/mol. The van der Waals surface area contributed by atoms with Gasteiger partial charge >= 0.3 is 0 Å². The van der Waals surface area contributed by atoms with E-state index < -0.39 is 0 Å². The van der Waals surface area contributed by atoms with E-state index in [2.05, 4.69) is 47.6 Å². The molecule has 1 saturated heterocycles. The number of amides is 2. The number of carbonyl (C=O) groups excluding carboxylic acids is 2. The lowest BCUT2D eigenvalue weighted by Crippen LogP contribution is -2.34. The van der Waals surface area contributed by atoms with Crippen molar-refractivity contribution in [2.75, 3.05) is 18.4 Å². The second-order valence-electron chi connectivity index (χ2n) is 9.32. The fourth-order valence-electron chi connectivity index (χ4n) is 4.49. The summed E-state index contributed by atoms with van der Waals surface area (Å²) in [4.78, 5) is 27.5. The second kappa shape index (κ2) is 9.65. The van der Waals surface area contributed by atoms with Crippen molar-refractivity contribution in [1.29, 1.82) is 0 Å². The van der Waals surface area contributed by atoms with Crippen molar-refractivity contribution < 1.29 is 9.59 Å². The zero-order valence-corrected chi connectivity index (χ0v) is 18.6. The Kier molecular flexibility index (Phi) is 6.71. The molecule has 5 nitrogen and oxygen atoms in total. The molecule has 2 N–H and O–H groups in total. The van der Waals surface area contributed by atoms with Gasteiger partial charge in [-0.1, -0.05) is 44.2 Å². The van der Waals surface area contributed by atoms with E-state index in [1.54, 1.807) is 12.1 Å². The van der Waals surface area contributed by atoms with E-state index in [0.717, 1.165) is 37.5 Å². The van der Waals surface area contributed by atoms with Crippen LogP contribution in [0.25, 0.3) is 0 Å². The van der Waals surface area contributed by atoms with Crippen molar-refractivity contribution in [1.82, 2.24) is 10.2 Å². The highest BCUT2D eigenvalue weighted by Crippen LogP contribution is 2.38. The molecule has 2 amide bonds. The van der Waals surface area contributed by atoms with Gasteiger partial charge in [-0.25, -0.2) is 0 Å². The minimum absolute atomic E-state index is 0.0472. The lowest BCUT2D eigenvalue weighted by atomic mass is 9.99. The standard InChI is InChI=1S/C26H33N3O2/c1-18-7-6-12-29(16-18)17-22-9-4-3-8-21(22)15-27-25(30)20-10-5-11-23(14-20)28-26(31)24-13-19(24)2/h3-5,8-11,14,18-19,24H,6-7,12-13,15-17H2,1-2H3,(H,27,30)(H,28,31). The van der Waals surface area contributed by atoms with Gasteiger partial charge < -0.3 is 10.6 Å².